The molecule has 1 aliphatic carbocycles. The maximum Gasteiger partial charge on any atom is 0.446 e. The summed E-state index contributed by atoms with van der Waals surface area (Å²) in [4.78, 5) is 39.8. The summed E-state index contributed by atoms with van der Waals surface area (Å²) in [6.07, 6.45) is 10.1. The average molecular weight is 609 g/mol. The monoisotopic (exact) mass is 608 g/mol. The molecule has 0 radical (unpaired) electrons. The normalized spacial score (nSPS) is 15.5. The Balaban J connectivity index is 1.63. The summed E-state index contributed by atoms with van der Waals surface area (Å²) in [6, 6.07) is 0. The largest absolute Gasteiger partial charge is 0.446 e. The van der Waals surface area contributed by atoms with Crippen molar-refractivity contribution in [3.63, 3.8) is 0 Å². The van der Waals surface area contributed by atoms with Crippen LogP contribution >= 0.6 is 0 Å². The van der Waals surface area contributed by atoms with E-state index in [0.29, 0.717) is 44.9 Å². The average Bonchev–Trinajstić information content (AvgIpc) is 2.99. The fourth-order valence-corrected chi connectivity index (χ4v) is 4.38. The van der Waals surface area contributed by atoms with Crippen molar-refractivity contribution in [3.05, 3.63) is 110 Å². The van der Waals surface area contributed by atoms with Gasteiger partial charge in [-0.05, 0) is 59.3 Å². The molecule has 0 saturated heterocycles. The Morgan fingerprint density at radius 2 is 1.42 bits per heavy atom. The van der Waals surface area contributed by atoms with Crippen LogP contribution in [-0.4, -0.2) is 47.4 Å². The lowest BCUT2D eigenvalue weighted by Crippen LogP contribution is -2.30. The first kappa shape index (κ1) is 32.6. The molecule has 2 N–H and O–H groups in total. The summed E-state index contributed by atoms with van der Waals surface area (Å²) < 4.78 is 17.7. The van der Waals surface area contributed by atoms with E-state index < -0.39 is 5.97 Å². The van der Waals surface area contributed by atoms with Crippen molar-refractivity contribution < 1.29 is 18.4 Å². The number of nitrogens with two attached hydrogens (primary N) is 1. The predicted octanol–water partition coefficient (Wildman–Crippen LogP) is 2.43. The van der Waals surface area contributed by atoms with Crippen LogP contribution in [0.25, 0.3) is 12.5 Å². The van der Waals surface area contributed by atoms with Crippen LogP contribution in [0.4, 0.5) is 0 Å². The Kier molecular flexibility index (Phi) is 10.1. The maximum absolute atomic E-state index is 12.6. The number of nitrogens with zero attached hydrogens (tertiary/aromatic N) is 6. The first-order valence-corrected chi connectivity index (χ1v) is 14.4. The van der Waals surface area contributed by atoms with E-state index in [9.17, 15) is 4.79 Å². The van der Waals surface area contributed by atoms with Crippen LogP contribution in [-0.2, 0) is 31.6 Å². The summed E-state index contributed by atoms with van der Waals surface area (Å²) in [5, 5.41) is 0.826. The van der Waals surface area contributed by atoms with Gasteiger partial charge in [-0.3, -0.25) is 9.97 Å². The molecule has 0 aromatic carbocycles. The second-order valence-corrected chi connectivity index (χ2v) is 10.5. The van der Waals surface area contributed by atoms with E-state index in [0.717, 1.165) is 39.9 Å². The summed E-state index contributed by atoms with van der Waals surface area (Å²) in [7, 11) is 0. The smallest absolute Gasteiger partial charge is 0.404 e. The number of aromatic nitrogens is 6. The predicted molar refractivity (Wildman–Crippen MR) is 171 cm³/mol. The molecular weight excluding hydrogens is 570 g/mol. The van der Waals surface area contributed by atoms with Crippen molar-refractivity contribution in [2.45, 2.75) is 68.6 Å². The maximum atomic E-state index is 12.6. The fraction of sp³-hybridized carbons (Fsp3) is 0.294. The molecule has 0 atom stereocenters. The van der Waals surface area contributed by atoms with Gasteiger partial charge in [-0.25, -0.2) is 28.6 Å². The van der Waals surface area contributed by atoms with Gasteiger partial charge in [-0.15, -0.1) is 0 Å². The Morgan fingerprint density at radius 1 is 0.800 bits per heavy atom. The standard InChI is InChI=1S/C34H38N7O4/c1-10-27-22(6)38-24(8)29(41-27)17-44-31-15-26(11-13-30(31)43-16-28-23(7)36-18(2)20(4)39-28)12-14-32(42)45-34(35)33-25(9)37-19(3)21(5)40-33/h10-15H,3,16-17,35H2,1-2,4-9H3/q+3/b14-12+,34-33?. The zero-order chi connectivity index (χ0) is 32.8. The number of hydrogen-bond acceptors (Lipinski definition) is 9. The van der Waals surface area contributed by atoms with Crippen molar-refractivity contribution in [2.24, 2.45) is 5.73 Å². The molecule has 11 heteroatoms. The van der Waals surface area contributed by atoms with Crippen LogP contribution in [0.5, 0.6) is 0 Å². The molecule has 45 heavy (non-hydrogen) atoms. The van der Waals surface area contributed by atoms with E-state index in [1.54, 1.807) is 38.2 Å². The van der Waals surface area contributed by atoms with Crippen LogP contribution < -0.4 is 16.4 Å². The van der Waals surface area contributed by atoms with Crippen LogP contribution in [0.3, 0.4) is 0 Å². The van der Waals surface area contributed by atoms with E-state index >= 15 is 0 Å². The minimum Gasteiger partial charge on any atom is -0.404 e. The van der Waals surface area contributed by atoms with Gasteiger partial charge in [0.1, 0.15) is 5.35 Å². The van der Waals surface area contributed by atoms with Crippen molar-refractivity contribution >= 4 is 30.0 Å². The second-order valence-electron chi connectivity index (χ2n) is 10.5. The summed E-state index contributed by atoms with van der Waals surface area (Å²) in [5.74, 6) is 0.119. The fourth-order valence-electron chi connectivity index (χ4n) is 4.38. The summed E-state index contributed by atoms with van der Waals surface area (Å²) in [5.41, 5.74) is 14.2. The molecule has 3 heterocycles. The third-order valence-electron chi connectivity index (χ3n) is 7.13. The topological polar surface area (TPSA) is 152 Å². The zero-order valence-electron chi connectivity index (χ0n) is 27.0. The molecular formula is C34H38N7O4+3. The van der Waals surface area contributed by atoms with E-state index in [2.05, 4.69) is 31.5 Å². The Hall–Kier alpha value is -5.32. The molecule has 3 aromatic rings. The van der Waals surface area contributed by atoms with Crippen molar-refractivity contribution in [2.75, 3.05) is 0 Å². The number of ether oxygens (including phenoxy) is 1. The Morgan fingerprint density at radius 3 is 2.11 bits per heavy atom. The minimum absolute atomic E-state index is 0.145. The third-order valence-corrected chi connectivity index (χ3v) is 7.13. The molecule has 0 spiro atoms. The van der Waals surface area contributed by atoms with Gasteiger partial charge >= 0.3 is 30.7 Å². The quantitative estimate of drug-likeness (QED) is 0.101. The molecule has 3 aromatic heterocycles. The molecule has 0 amide bonds. The Bertz CT molecular complexity index is 1940. The van der Waals surface area contributed by atoms with Crippen molar-refractivity contribution in [3.8, 4) is 0 Å². The molecule has 1 aliphatic rings. The molecule has 0 unspecified atom stereocenters. The second kappa shape index (κ2) is 14.0. The Labute approximate surface area is 262 Å². The lowest BCUT2D eigenvalue weighted by Gasteiger charge is -2.04. The van der Waals surface area contributed by atoms with Crippen LogP contribution in [0.15, 0.2) is 36.0 Å². The number of carbonyl (C=O) groups is 1. The number of ketones is 2. The highest BCUT2D eigenvalue weighted by Crippen LogP contribution is 2.13. The number of carbonyl (C=O) groups excluding carboxylic acids is 3. The summed E-state index contributed by atoms with van der Waals surface area (Å²) >= 11 is 0. The van der Waals surface area contributed by atoms with Gasteiger partial charge in [0, 0.05) is 19.9 Å². The van der Waals surface area contributed by atoms with E-state index in [1.807, 2.05) is 48.0 Å². The first-order chi connectivity index (χ1) is 21.4. The van der Waals surface area contributed by atoms with Gasteiger partial charge in [-0.1, -0.05) is 6.58 Å². The van der Waals surface area contributed by atoms with Gasteiger partial charge in [0.05, 0.1) is 58.1 Å². The molecule has 11 nitrogen and oxygen atoms in total. The number of aryl methyl sites for hydroxylation is 7. The lowest BCUT2D eigenvalue weighted by atomic mass is 10.0. The number of esters is 1. The van der Waals surface area contributed by atoms with Gasteiger partial charge in [-0.2, -0.15) is 4.98 Å². The van der Waals surface area contributed by atoms with Crippen LogP contribution in [0.1, 0.15) is 63.9 Å². The molecule has 4 rings (SSSR count). The molecule has 230 valence electrons. The molecule has 0 fully saturated rings. The number of hydrogen-bond donors (Lipinski definition) is 1. The zero-order valence-corrected chi connectivity index (χ0v) is 27.0. The molecule has 0 aliphatic heterocycles. The molecule has 0 saturated carbocycles. The van der Waals surface area contributed by atoms with Crippen LogP contribution in [0, 0.1) is 54.9 Å². The lowest BCUT2D eigenvalue weighted by molar-refractivity contribution is -0.489. The molecule has 0 bridgehead atoms. The van der Waals surface area contributed by atoms with E-state index in [-0.39, 0.29) is 19.1 Å². The minimum atomic E-state index is -0.675. The van der Waals surface area contributed by atoms with Gasteiger partial charge < -0.3 is 10.5 Å². The number of allylic oxidation sites excluding steroid dienone is 5. The van der Waals surface area contributed by atoms with E-state index in [1.165, 1.54) is 6.08 Å². The number of rotatable bonds is 8. The van der Waals surface area contributed by atoms with Crippen molar-refractivity contribution in [1.82, 2.24) is 29.9 Å². The SMILES string of the molecule is C=c1nc(C)c(=C(N)OC(=O)/C=C/C2=CC(=[O+]Cc3nc([CH+]C)c(C)nc3C)C(=[O+]Cc3nc(C)c(C)nc3C)C=C2)nc1C. The summed E-state index contributed by atoms with van der Waals surface area (Å²) in [6.45, 7) is 19.1. The highest BCUT2D eigenvalue weighted by molar-refractivity contribution is 6.47. The third kappa shape index (κ3) is 7.99. The first-order valence-electron chi connectivity index (χ1n) is 14.4. The van der Waals surface area contributed by atoms with Crippen LogP contribution in [0.2, 0.25) is 0 Å². The van der Waals surface area contributed by atoms with Gasteiger partial charge in [0.15, 0.2) is 17.1 Å². The van der Waals surface area contributed by atoms with E-state index in [4.69, 9.17) is 24.3 Å². The van der Waals surface area contributed by atoms with Gasteiger partial charge in [0.25, 0.3) is 0 Å². The highest BCUT2D eigenvalue weighted by Gasteiger charge is 2.32. The van der Waals surface area contributed by atoms with Crippen molar-refractivity contribution in [1.29, 1.82) is 0 Å². The highest BCUT2D eigenvalue weighted by atomic mass is 16.5. The van der Waals surface area contributed by atoms with Gasteiger partial charge in [0.2, 0.25) is 11.6 Å².